The van der Waals surface area contributed by atoms with E-state index < -0.39 is 28.7 Å². The van der Waals surface area contributed by atoms with Crippen molar-refractivity contribution in [1.29, 1.82) is 0 Å². The van der Waals surface area contributed by atoms with Crippen molar-refractivity contribution in [1.82, 2.24) is 4.90 Å². The van der Waals surface area contributed by atoms with Crippen LogP contribution in [0.4, 0.5) is 11.4 Å². The summed E-state index contributed by atoms with van der Waals surface area (Å²) >= 11 is 0. The van der Waals surface area contributed by atoms with Crippen molar-refractivity contribution in [3.8, 4) is 0 Å². The third-order valence-electron chi connectivity index (χ3n) is 4.27. The lowest BCUT2D eigenvalue weighted by Gasteiger charge is -2.22. The van der Waals surface area contributed by atoms with Crippen LogP contribution in [-0.2, 0) is 4.79 Å². The lowest BCUT2D eigenvalue weighted by atomic mass is 10.1. The molecule has 2 aromatic carbocycles. The molecule has 0 saturated carbocycles. The molecule has 26 heavy (non-hydrogen) atoms. The number of aryl methyl sites for hydroxylation is 1. The van der Waals surface area contributed by atoms with Crippen molar-refractivity contribution in [3.05, 3.63) is 69.3 Å². The Morgan fingerprint density at radius 2 is 1.69 bits per heavy atom. The third-order valence-corrected chi connectivity index (χ3v) is 4.27. The van der Waals surface area contributed by atoms with Crippen molar-refractivity contribution in [2.45, 2.75) is 19.9 Å². The van der Waals surface area contributed by atoms with Crippen LogP contribution in [-0.4, -0.2) is 33.6 Å². The first-order chi connectivity index (χ1) is 12.3. The summed E-state index contributed by atoms with van der Waals surface area (Å²) in [6.07, 6.45) is 0. The number of nitrogens with zero attached hydrogens (tertiary/aromatic N) is 2. The topological polar surface area (TPSA) is 110 Å². The molecule has 0 radical (unpaired) electrons. The minimum Gasteiger partial charge on any atom is -0.324 e. The fourth-order valence-electron chi connectivity index (χ4n) is 2.82. The summed E-state index contributed by atoms with van der Waals surface area (Å²) in [5, 5.41) is 13.4. The van der Waals surface area contributed by atoms with Crippen molar-refractivity contribution in [3.63, 3.8) is 0 Å². The van der Waals surface area contributed by atoms with Gasteiger partial charge in [-0.3, -0.25) is 29.4 Å². The number of rotatable bonds is 4. The Bertz CT molecular complexity index is 919. The fourth-order valence-corrected chi connectivity index (χ4v) is 2.82. The summed E-state index contributed by atoms with van der Waals surface area (Å²) in [5.74, 6) is -1.60. The van der Waals surface area contributed by atoms with Crippen LogP contribution >= 0.6 is 0 Å². The van der Waals surface area contributed by atoms with Gasteiger partial charge in [-0.15, -0.1) is 0 Å². The predicted octanol–water partition coefficient (Wildman–Crippen LogP) is 2.53. The Morgan fingerprint density at radius 3 is 2.19 bits per heavy atom. The molecule has 0 aliphatic carbocycles. The summed E-state index contributed by atoms with van der Waals surface area (Å²) in [4.78, 5) is 48.6. The minimum absolute atomic E-state index is 0.0890. The van der Waals surface area contributed by atoms with Crippen molar-refractivity contribution < 1.29 is 19.3 Å². The number of carbonyl (C=O) groups excluding carboxylic acids is 3. The summed E-state index contributed by atoms with van der Waals surface area (Å²) in [6, 6.07) is 9.38. The Morgan fingerprint density at radius 1 is 1.12 bits per heavy atom. The molecule has 132 valence electrons. The Hall–Kier alpha value is -3.55. The molecule has 0 fully saturated rings. The Kier molecular flexibility index (Phi) is 4.25. The zero-order chi connectivity index (χ0) is 19.0. The van der Waals surface area contributed by atoms with E-state index in [9.17, 15) is 24.5 Å². The average molecular weight is 353 g/mol. The van der Waals surface area contributed by atoms with Crippen LogP contribution in [0.5, 0.6) is 0 Å². The van der Waals surface area contributed by atoms with Crippen LogP contribution in [0.25, 0.3) is 0 Å². The van der Waals surface area contributed by atoms with Crippen LogP contribution in [0.3, 0.4) is 0 Å². The van der Waals surface area contributed by atoms with Gasteiger partial charge in [0.05, 0.1) is 16.1 Å². The number of nitro benzene ring substituents is 1. The zero-order valence-corrected chi connectivity index (χ0v) is 14.1. The molecule has 3 rings (SSSR count). The summed E-state index contributed by atoms with van der Waals surface area (Å²) < 4.78 is 0. The number of amides is 3. The molecular weight excluding hydrogens is 338 g/mol. The molecule has 2 aromatic rings. The van der Waals surface area contributed by atoms with Crippen molar-refractivity contribution in [2.75, 3.05) is 5.32 Å². The number of imide groups is 1. The molecule has 1 atom stereocenters. The van der Waals surface area contributed by atoms with E-state index in [0.29, 0.717) is 11.3 Å². The maximum absolute atomic E-state index is 12.5. The van der Waals surface area contributed by atoms with E-state index in [1.54, 1.807) is 31.2 Å². The van der Waals surface area contributed by atoms with Gasteiger partial charge in [0.2, 0.25) is 5.91 Å². The molecule has 1 N–H and O–H groups in total. The van der Waals surface area contributed by atoms with Crippen LogP contribution in [0.1, 0.15) is 33.2 Å². The Balaban J connectivity index is 1.80. The third kappa shape index (κ3) is 2.81. The largest absolute Gasteiger partial charge is 0.324 e. The quantitative estimate of drug-likeness (QED) is 0.516. The summed E-state index contributed by atoms with van der Waals surface area (Å²) in [7, 11) is 0. The van der Waals surface area contributed by atoms with E-state index in [0.717, 1.165) is 4.90 Å². The van der Waals surface area contributed by atoms with Gasteiger partial charge in [0.25, 0.3) is 17.5 Å². The molecule has 1 aliphatic rings. The molecule has 8 heteroatoms. The van der Waals surface area contributed by atoms with Gasteiger partial charge in [0.1, 0.15) is 6.04 Å². The predicted molar refractivity (Wildman–Crippen MR) is 92.9 cm³/mol. The molecule has 1 aliphatic heterocycles. The SMILES string of the molecule is Cc1cc([N+](=O)[O-])ccc1NC(=O)C(C)N1C(=O)c2ccccc2C1=O. The van der Waals surface area contributed by atoms with Crippen molar-refractivity contribution in [2.24, 2.45) is 0 Å². The van der Waals surface area contributed by atoms with Gasteiger partial charge in [0, 0.05) is 17.8 Å². The molecule has 3 amide bonds. The van der Waals surface area contributed by atoms with Crippen LogP contribution in [0.2, 0.25) is 0 Å². The highest BCUT2D eigenvalue weighted by Gasteiger charge is 2.40. The standard InChI is InChI=1S/C18H15N3O5/c1-10-9-12(21(25)26)7-8-15(10)19-16(22)11(2)20-17(23)13-5-3-4-6-14(13)18(20)24/h3-9,11H,1-2H3,(H,19,22). The van der Waals surface area contributed by atoms with Gasteiger partial charge in [-0.1, -0.05) is 12.1 Å². The molecule has 0 saturated heterocycles. The van der Waals surface area contributed by atoms with Crippen molar-refractivity contribution >= 4 is 29.1 Å². The number of fused-ring (bicyclic) bond motifs is 1. The first-order valence-electron chi connectivity index (χ1n) is 7.84. The highest BCUT2D eigenvalue weighted by molar-refractivity contribution is 6.23. The molecule has 0 spiro atoms. The van der Waals surface area contributed by atoms with Crippen LogP contribution < -0.4 is 5.32 Å². The highest BCUT2D eigenvalue weighted by Crippen LogP contribution is 2.26. The number of benzene rings is 2. The lowest BCUT2D eigenvalue weighted by Crippen LogP contribution is -2.45. The fraction of sp³-hybridized carbons (Fsp3) is 0.167. The van der Waals surface area contributed by atoms with E-state index in [2.05, 4.69) is 5.32 Å². The number of anilines is 1. The number of hydrogen-bond acceptors (Lipinski definition) is 5. The van der Waals surface area contributed by atoms with Gasteiger partial charge in [-0.2, -0.15) is 0 Å². The van der Waals surface area contributed by atoms with E-state index in [-0.39, 0.29) is 16.8 Å². The normalized spacial score (nSPS) is 14.2. The second-order valence-electron chi connectivity index (χ2n) is 5.95. The maximum Gasteiger partial charge on any atom is 0.269 e. The second-order valence-corrected chi connectivity index (χ2v) is 5.95. The van der Waals surface area contributed by atoms with Gasteiger partial charge >= 0.3 is 0 Å². The second kappa shape index (κ2) is 6.40. The average Bonchev–Trinajstić information content (AvgIpc) is 2.87. The summed E-state index contributed by atoms with van der Waals surface area (Å²) in [5.41, 5.74) is 1.33. The number of non-ortho nitro benzene ring substituents is 1. The molecular formula is C18H15N3O5. The number of hydrogen-bond donors (Lipinski definition) is 1. The van der Waals surface area contributed by atoms with E-state index >= 15 is 0 Å². The summed E-state index contributed by atoms with van der Waals surface area (Å²) in [6.45, 7) is 3.08. The van der Waals surface area contributed by atoms with Gasteiger partial charge in [-0.25, -0.2) is 0 Å². The molecule has 1 unspecified atom stereocenters. The Labute approximate surface area is 148 Å². The monoisotopic (exact) mass is 353 g/mol. The van der Waals surface area contributed by atoms with E-state index in [1.165, 1.54) is 25.1 Å². The first-order valence-corrected chi connectivity index (χ1v) is 7.84. The van der Waals surface area contributed by atoms with Gasteiger partial charge < -0.3 is 5.32 Å². The molecule has 0 aromatic heterocycles. The first kappa shape index (κ1) is 17.3. The number of nitro groups is 1. The maximum atomic E-state index is 12.5. The molecule has 8 nitrogen and oxygen atoms in total. The number of nitrogens with one attached hydrogen (secondary N) is 1. The lowest BCUT2D eigenvalue weighted by molar-refractivity contribution is -0.384. The van der Waals surface area contributed by atoms with Crippen LogP contribution in [0.15, 0.2) is 42.5 Å². The number of carbonyl (C=O) groups is 3. The highest BCUT2D eigenvalue weighted by atomic mass is 16.6. The molecule has 0 bridgehead atoms. The van der Waals surface area contributed by atoms with E-state index in [1.807, 2.05) is 0 Å². The minimum atomic E-state index is -1.03. The molecule has 1 heterocycles. The smallest absolute Gasteiger partial charge is 0.269 e. The van der Waals surface area contributed by atoms with Gasteiger partial charge in [-0.05, 0) is 37.6 Å². The zero-order valence-electron chi connectivity index (χ0n) is 14.1. The van der Waals surface area contributed by atoms with Crippen LogP contribution in [0, 0.1) is 17.0 Å². The van der Waals surface area contributed by atoms with E-state index in [4.69, 9.17) is 0 Å². The van der Waals surface area contributed by atoms with Gasteiger partial charge in [0.15, 0.2) is 0 Å².